The number of furan rings is 2. The third-order valence-electron chi connectivity index (χ3n) is 8.38. The molecule has 2 aliphatic heterocycles. The van der Waals surface area contributed by atoms with Gasteiger partial charge in [0, 0.05) is 59.5 Å². The summed E-state index contributed by atoms with van der Waals surface area (Å²) < 4.78 is 34.9. The summed E-state index contributed by atoms with van der Waals surface area (Å²) in [7, 11) is 3.88. The highest BCUT2D eigenvalue weighted by molar-refractivity contribution is 6.31. The minimum absolute atomic E-state index is 0.198. The van der Waals surface area contributed by atoms with E-state index in [-0.39, 0.29) is 13.2 Å². The number of rotatable bonds is 10. The predicted octanol–water partition coefficient (Wildman–Crippen LogP) is 6.74. The third-order valence-corrected chi connectivity index (χ3v) is 9.09. The number of carbonyl (C=O) groups excluding carboxylic acids is 2. The number of ether oxygens (including phenoxy) is 4. The molecule has 2 unspecified atom stereocenters. The molecule has 6 rings (SSSR count). The fourth-order valence-corrected chi connectivity index (χ4v) is 6.53. The largest absolute Gasteiger partial charge is 0.485 e. The Morgan fingerprint density at radius 3 is 1.56 bits per heavy atom. The van der Waals surface area contributed by atoms with Gasteiger partial charge in [-0.05, 0) is 86.6 Å². The molecule has 0 saturated heterocycles. The molecule has 0 radical (unpaired) electrons. The summed E-state index contributed by atoms with van der Waals surface area (Å²) in [4.78, 5) is 30.5. The molecular weight excluding hydrogens is 659 g/mol. The molecule has 0 aliphatic carbocycles. The monoisotopic (exact) mass is 694 g/mol. The van der Waals surface area contributed by atoms with Crippen molar-refractivity contribution in [2.75, 3.05) is 40.3 Å². The first-order valence-electron chi connectivity index (χ1n) is 15.6. The van der Waals surface area contributed by atoms with Crippen molar-refractivity contribution in [2.45, 2.75) is 38.3 Å². The molecular formula is C36H36Cl2N2O8. The quantitative estimate of drug-likeness (QED) is 0.131. The first kappa shape index (κ1) is 33.7. The van der Waals surface area contributed by atoms with Gasteiger partial charge in [-0.15, -0.1) is 0 Å². The standard InChI is InChI=1S/C36H36Cl2N2O8/c1-39-15-13-25-27(37)7-9-29(45-21-23-5-3-17-43-23)35(25)31(19-39)47-33(41)11-12-34(42)48-32-20-40(2)16-14-26-28(38)8-10-30(36(26)32)46-22-24-6-4-18-44-24/h3-12,17-18,31-32H,13-16,19-22H2,1-2H3/b12-11-. The number of carbonyl (C=O) groups is 2. The molecule has 0 saturated carbocycles. The van der Waals surface area contributed by atoms with Crippen LogP contribution in [0.15, 0.2) is 82.0 Å². The van der Waals surface area contributed by atoms with Crippen LogP contribution < -0.4 is 9.47 Å². The van der Waals surface area contributed by atoms with Gasteiger partial charge < -0.3 is 37.6 Å². The van der Waals surface area contributed by atoms with Gasteiger partial charge in [0.05, 0.1) is 12.5 Å². The maximum absolute atomic E-state index is 13.2. The van der Waals surface area contributed by atoms with Crippen LogP contribution in [0.25, 0.3) is 0 Å². The molecule has 2 aliphatic rings. The first-order chi connectivity index (χ1) is 23.2. The number of halogens is 2. The van der Waals surface area contributed by atoms with Gasteiger partial charge in [-0.2, -0.15) is 0 Å². The van der Waals surface area contributed by atoms with Crippen molar-refractivity contribution in [1.29, 1.82) is 0 Å². The van der Waals surface area contributed by atoms with E-state index in [1.165, 1.54) is 0 Å². The summed E-state index contributed by atoms with van der Waals surface area (Å²) >= 11 is 13.2. The van der Waals surface area contributed by atoms with Crippen molar-refractivity contribution in [3.63, 3.8) is 0 Å². The fraction of sp³-hybridized carbons (Fsp3) is 0.333. The van der Waals surface area contributed by atoms with Crippen LogP contribution >= 0.6 is 23.2 Å². The topological polar surface area (TPSA) is 104 Å². The second-order valence-corrected chi connectivity index (χ2v) is 12.6. The van der Waals surface area contributed by atoms with Crippen molar-refractivity contribution in [3.05, 3.63) is 117 Å². The second kappa shape index (κ2) is 15.3. The Morgan fingerprint density at radius 2 is 1.17 bits per heavy atom. The van der Waals surface area contributed by atoms with E-state index in [1.54, 1.807) is 48.9 Å². The molecule has 2 aromatic heterocycles. The molecule has 252 valence electrons. The van der Waals surface area contributed by atoms with Gasteiger partial charge in [0.15, 0.2) is 0 Å². The lowest BCUT2D eigenvalue weighted by atomic mass is 9.99. The summed E-state index contributed by atoms with van der Waals surface area (Å²) in [6, 6.07) is 14.3. The highest BCUT2D eigenvalue weighted by Gasteiger charge is 2.31. The third kappa shape index (κ3) is 8.07. The number of hydrogen-bond donors (Lipinski definition) is 0. The lowest BCUT2D eigenvalue weighted by Crippen LogP contribution is -2.27. The Morgan fingerprint density at radius 1 is 0.729 bits per heavy atom. The zero-order valence-electron chi connectivity index (χ0n) is 26.7. The molecule has 0 N–H and O–H groups in total. The lowest BCUT2D eigenvalue weighted by Gasteiger charge is -2.24. The van der Waals surface area contributed by atoms with E-state index in [9.17, 15) is 9.59 Å². The average molecular weight is 696 g/mol. The van der Waals surface area contributed by atoms with Crippen LogP contribution in [0.5, 0.6) is 11.5 Å². The molecule has 12 heteroatoms. The van der Waals surface area contributed by atoms with E-state index >= 15 is 0 Å². The van der Waals surface area contributed by atoms with Gasteiger partial charge in [0.25, 0.3) is 0 Å². The molecule has 0 amide bonds. The number of likely N-dealkylation sites (N-methyl/N-ethyl adjacent to an activating group) is 2. The smallest absolute Gasteiger partial charge is 0.331 e. The maximum atomic E-state index is 13.2. The molecule has 2 atom stereocenters. The van der Waals surface area contributed by atoms with E-state index in [4.69, 9.17) is 51.0 Å². The number of fused-ring (bicyclic) bond motifs is 2. The number of esters is 2. The zero-order chi connectivity index (χ0) is 33.6. The van der Waals surface area contributed by atoms with E-state index in [0.29, 0.717) is 83.2 Å². The molecule has 0 spiro atoms. The van der Waals surface area contributed by atoms with Crippen LogP contribution in [0.1, 0.15) is 46.0 Å². The molecule has 2 aromatic carbocycles. The molecule has 4 heterocycles. The lowest BCUT2D eigenvalue weighted by molar-refractivity contribution is -0.147. The Labute approximate surface area is 288 Å². The molecule has 48 heavy (non-hydrogen) atoms. The van der Waals surface area contributed by atoms with Crippen molar-refractivity contribution < 1.29 is 37.4 Å². The summed E-state index contributed by atoms with van der Waals surface area (Å²) in [6.45, 7) is 2.62. The highest BCUT2D eigenvalue weighted by atomic mass is 35.5. The molecule has 4 aromatic rings. The zero-order valence-corrected chi connectivity index (χ0v) is 28.2. The van der Waals surface area contributed by atoms with E-state index < -0.39 is 24.1 Å². The minimum atomic E-state index is -0.709. The maximum Gasteiger partial charge on any atom is 0.331 e. The van der Waals surface area contributed by atoms with E-state index in [2.05, 4.69) is 9.80 Å². The Kier molecular flexibility index (Phi) is 10.8. The average Bonchev–Trinajstić information content (AvgIpc) is 3.73. The van der Waals surface area contributed by atoms with Gasteiger partial charge in [0.1, 0.15) is 48.4 Å². The Bertz CT molecular complexity index is 1630. The van der Waals surface area contributed by atoms with Gasteiger partial charge >= 0.3 is 11.9 Å². The van der Waals surface area contributed by atoms with Crippen molar-refractivity contribution in [3.8, 4) is 11.5 Å². The van der Waals surface area contributed by atoms with Crippen LogP contribution in [0, 0.1) is 0 Å². The summed E-state index contributed by atoms with van der Waals surface area (Å²) in [6.07, 6.45) is 5.20. The number of nitrogens with zero attached hydrogens (tertiary/aromatic N) is 2. The van der Waals surface area contributed by atoms with E-state index in [1.807, 2.05) is 26.2 Å². The SMILES string of the molecule is CN1CCc2c(Cl)ccc(OCc3ccco3)c2C(OC(=O)/C=C\C(=O)OC2CN(C)CCc3c(Cl)ccc(OCc4ccco4)c32)C1. The predicted molar refractivity (Wildman–Crippen MR) is 178 cm³/mol. The van der Waals surface area contributed by atoms with Gasteiger partial charge in [-0.3, -0.25) is 0 Å². The van der Waals surface area contributed by atoms with Crippen molar-refractivity contribution in [2.24, 2.45) is 0 Å². The molecule has 0 bridgehead atoms. The summed E-state index contributed by atoms with van der Waals surface area (Å²) in [5, 5.41) is 1.12. The van der Waals surface area contributed by atoms with Crippen LogP contribution in [0.2, 0.25) is 10.0 Å². The summed E-state index contributed by atoms with van der Waals surface area (Å²) in [5.74, 6) is 0.975. The number of benzene rings is 2. The van der Waals surface area contributed by atoms with Crippen LogP contribution in [-0.4, -0.2) is 62.0 Å². The van der Waals surface area contributed by atoms with Crippen LogP contribution in [-0.2, 0) is 45.1 Å². The van der Waals surface area contributed by atoms with Crippen LogP contribution in [0.3, 0.4) is 0 Å². The normalized spacial score (nSPS) is 18.4. The summed E-state index contributed by atoms with van der Waals surface area (Å²) in [5.41, 5.74) is 3.08. The fourth-order valence-electron chi connectivity index (χ4n) is 6.01. The first-order valence-corrected chi connectivity index (χ1v) is 16.4. The molecule has 10 nitrogen and oxygen atoms in total. The molecule has 0 fully saturated rings. The van der Waals surface area contributed by atoms with Crippen molar-refractivity contribution >= 4 is 35.1 Å². The number of hydrogen-bond acceptors (Lipinski definition) is 10. The Hall–Kier alpha value is -4.22. The van der Waals surface area contributed by atoms with E-state index in [0.717, 1.165) is 23.3 Å². The van der Waals surface area contributed by atoms with Gasteiger partial charge in [-0.25, -0.2) is 9.59 Å². The highest BCUT2D eigenvalue weighted by Crippen LogP contribution is 2.40. The minimum Gasteiger partial charge on any atom is -0.485 e. The second-order valence-electron chi connectivity index (χ2n) is 11.8. The van der Waals surface area contributed by atoms with Crippen LogP contribution in [0.4, 0.5) is 0 Å². The van der Waals surface area contributed by atoms with Gasteiger partial charge in [0.2, 0.25) is 0 Å². The van der Waals surface area contributed by atoms with Gasteiger partial charge in [-0.1, -0.05) is 23.2 Å². The van der Waals surface area contributed by atoms with Crippen molar-refractivity contribution in [1.82, 2.24) is 9.80 Å². The Balaban J connectivity index is 1.18.